The summed E-state index contributed by atoms with van der Waals surface area (Å²) in [6.45, 7) is 7.07. The molecule has 0 aromatic rings. The first kappa shape index (κ1) is 9.09. The van der Waals surface area contributed by atoms with Gasteiger partial charge in [-0.05, 0) is 30.6 Å². The van der Waals surface area contributed by atoms with Crippen LogP contribution in [0.4, 0.5) is 0 Å². The van der Waals surface area contributed by atoms with Crippen LogP contribution in [0.3, 0.4) is 0 Å². The van der Waals surface area contributed by atoms with Gasteiger partial charge in [-0.2, -0.15) is 0 Å². The lowest BCUT2D eigenvalue weighted by Gasteiger charge is -2.43. The molecule has 0 heterocycles. The molecule has 0 N–H and O–H groups in total. The molecule has 0 bridgehead atoms. The number of hydrogen-bond donors (Lipinski definition) is 0. The van der Waals surface area contributed by atoms with Crippen LogP contribution in [0, 0.1) is 11.3 Å². The smallest absolute Gasteiger partial charge is 0.0298 e. The van der Waals surface area contributed by atoms with E-state index in [1.165, 1.54) is 38.5 Å². The van der Waals surface area contributed by atoms with E-state index in [4.69, 9.17) is 0 Å². The zero-order valence-electron chi connectivity index (χ0n) is 8.32. The van der Waals surface area contributed by atoms with Gasteiger partial charge in [0.05, 0.1) is 0 Å². The second kappa shape index (κ2) is 3.60. The van der Waals surface area contributed by atoms with Gasteiger partial charge in [-0.25, -0.2) is 0 Å². The van der Waals surface area contributed by atoms with Crippen LogP contribution in [0.5, 0.6) is 0 Å². The summed E-state index contributed by atoms with van der Waals surface area (Å²) in [6, 6.07) is 0. The molecule has 1 saturated carbocycles. The lowest BCUT2D eigenvalue weighted by Crippen LogP contribution is -2.30. The standard InChI is InChI=1S/C11H22/c1-4-10(3)9-11(5-2)7-6-8-11/h10H,4-9H2,1-3H3. The summed E-state index contributed by atoms with van der Waals surface area (Å²) in [5.74, 6) is 0.954. The Morgan fingerprint density at radius 1 is 1.27 bits per heavy atom. The molecule has 0 nitrogen and oxygen atoms in total. The highest BCUT2D eigenvalue weighted by molar-refractivity contribution is 4.87. The van der Waals surface area contributed by atoms with Crippen molar-refractivity contribution in [1.82, 2.24) is 0 Å². The summed E-state index contributed by atoms with van der Waals surface area (Å²) >= 11 is 0. The first-order valence-electron chi connectivity index (χ1n) is 5.22. The maximum Gasteiger partial charge on any atom is -0.0298 e. The molecular formula is C11H22. The van der Waals surface area contributed by atoms with Crippen LogP contribution in [0.15, 0.2) is 0 Å². The fourth-order valence-corrected chi connectivity index (χ4v) is 2.26. The van der Waals surface area contributed by atoms with Gasteiger partial charge in [-0.3, -0.25) is 0 Å². The van der Waals surface area contributed by atoms with Crippen molar-refractivity contribution in [3.63, 3.8) is 0 Å². The fraction of sp³-hybridized carbons (Fsp3) is 1.00. The second-order valence-electron chi connectivity index (χ2n) is 4.42. The van der Waals surface area contributed by atoms with Gasteiger partial charge in [-0.1, -0.05) is 40.0 Å². The van der Waals surface area contributed by atoms with E-state index in [2.05, 4.69) is 20.8 Å². The third-order valence-electron chi connectivity index (χ3n) is 3.64. The van der Waals surface area contributed by atoms with Gasteiger partial charge in [0.15, 0.2) is 0 Å². The molecule has 1 aliphatic rings. The summed E-state index contributed by atoms with van der Waals surface area (Å²) in [6.07, 6.45) is 8.77. The predicted molar refractivity (Wildman–Crippen MR) is 50.6 cm³/mol. The number of rotatable bonds is 4. The Morgan fingerprint density at radius 2 is 1.91 bits per heavy atom. The third-order valence-corrected chi connectivity index (χ3v) is 3.64. The SMILES string of the molecule is CCC(C)CC1(CC)CCC1. The topological polar surface area (TPSA) is 0 Å². The molecule has 0 spiro atoms. The van der Waals surface area contributed by atoms with Crippen LogP contribution in [-0.4, -0.2) is 0 Å². The highest BCUT2D eigenvalue weighted by Gasteiger charge is 2.35. The van der Waals surface area contributed by atoms with Crippen molar-refractivity contribution < 1.29 is 0 Å². The van der Waals surface area contributed by atoms with E-state index < -0.39 is 0 Å². The lowest BCUT2D eigenvalue weighted by atomic mass is 9.63. The third kappa shape index (κ3) is 1.98. The van der Waals surface area contributed by atoms with Crippen molar-refractivity contribution in [3.8, 4) is 0 Å². The van der Waals surface area contributed by atoms with E-state index in [9.17, 15) is 0 Å². The van der Waals surface area contributed by atoms with Gasteiger partial charge in [-0.15, -0.1) is 0 Å². The zero-order chi connectivity index (χ0) is 8.32. The first-order chi connectivity index (χ1) is 5.22. The zero-order valence-corrected chi connectivity index (χ0v) is 8.32. The average Bonchev–Trinajstić information content (AvgIpc) is 1.96. The Morgan fingerprint density at radius 3 is 2.18 bits per heavy atom. The molecule has 0 saturated heterocycles. The van der Waals surface area contributed by atoms with Crippen molar-refractivity contribution in [2.75, 3.05) is 0 Å². The second-order valence-corrected chi connectivity index (χ2v) is 4.42. The molecule has 1 aliphatic carbocycles. The minimum absolute atomic E-state index is 0.787. The van der Waals surface area contributed by atoms with Gasteiger partial charge in [0.25, 0.3) is 0 Å². The Labute approximate surface area is 71.4 Å². The summed E-state index contributed by atoms with van der Waals surface area (Å²) in [7, 11) is 0. The molecule has 0 aromatic heterocycles. The van der Waals surface area contributed by atoms with Crippen LogP contribution in [0.1, 0.15) is 59.3 Å². The highest BCUT2D eigenvalue weighted by Crippen LogP contribution is 2.48. The maximum absolute atomic E-state index is 2.40. The van der Waals surface area contributed by atoms with E-state index in [0.29, 0.717) is 0 Å². The molecule has 66 valence electrons. The summed E-state index contributed by atoms with van der Waals surface area (Å²) < 4.78 is 0. The minimum Gasteiger partial charge on any atom is -0.0651 e. The molecule has 1 unspecified atom stereocenters. The quantitative estimate of drug-likeness (QED) is 0.574. The maximum atomic E-state index is 2.40. The average molecular weight is 154 g/mol. The van der Waals surface area contributed by atoms with Crippen LogP contribution >= 0.6 is 0 Å². The van der Waals surface area contributed by atoms with Gasteiger partial charge < -0.3 is 0 Å². The molecule has 1 atom stereocenters. The number of hydrogen-bond acceptors (Lipinski definition) is 0. The summed E-state index contributed by atoms with van der Waals surface area (Å²) in [5.41, 5.74) is 0.787. The largest absolute Gasteiger partial charge is 0.0651 e. The molecule has 0 amide bonds. The van der Waals surface area contributed by atoms with E-state index >= 15 is 0 Å². The van der Waals surface area contributed by atoms with Gasteiger partial charge in [0, 0.05) is 0 Å². The molecule has 1 fully saturated rings. The predicted octanol–water partition coefficient (Wildman–Crippen LogP) is 4.00. The summed E-state index contributed by atoms with van der Waals surface area (Å²) in [5, 5.41) is 0. The van der Waals surface area contributed by atoms with Gasteiger partial charge >= 0.3 is 0 Å². The molecule has 0 radical (unpaired) electrons. The lowest BCUT2D eigenvalue weighted by molar-refractivity contribution is 0.0902. The first-order valence-corrected chi connectivity index (χ1v) is 5.22. The van der Waals surface area contributed by atoms with Crippen molar-refractivity contribution in [1.29, 1.82) is 0 Å². The van der Waals surface area contributed by atoms with Gasteiger partial charge in [0.2, 0.25) is 0 Å². The highest BCUT2D eigenvalue weighted by atomic mass is 14.4. The van der Waals surface area contributed by atoms with Crippen molar-refractivity contribution in [2.45, 2.75) is 59.3 Å². The van der Waals surface area contributed by atoms with E-state index in [-0.39, 0.29) is 0 Å². The van der Waals surface area contributed by atoms with Crippen molar-refractivity contribution in [3.05, 3.63) is 0 Å². The molecular weight excluding hydrogens is 132 g/mol. The van der Waals surface area contributed by atoms with Crippen LogP contribution in [0.25, 0.3) is 0 Å². The van der Waals surface area contributed by atoms with Crippen LogP contribution < -0.4 is 0 Å². The molecule has 0 aromatic carbocycles. The Balaban J connectivity index is 2.32. The van der Waals surface area contributed by atoms with Crippen LogP contribution in [0.2, 0.25) is 0 Å². The Bertz CT molecular complexity index is 106. The molecule has 0 heteroatoms. The monoisotopic (exact) mass is 154 g/mol. The minimum atomic E-state index is 0.787. The fourth-order valence-electron chi connectivity index (χ4n) is 2.26. The normalized spacial score (nSPS) is 24.3. The van der Waals surface area contributed by atoms with Gasteiger partial charge in [0.1, 0.15) is 0 Å². The Hall–Kier alpha value is 0. The molecule has 0 aliphatic heterocycles. The van der Waals surface area contributed by atoms with Crippen LogP contribution in [-0.2, 0) is 0 Å². The van der Waals surface area contributed by atoms with E-state index in [0.717, 1.165) is 11.3 Å². The van der Waals surface area contributed by atoms with Crippen molar-refractivity contribution in [2.24, 2.45) is 11.3 Å². The van der Waals surface area contributed by atoms with E-state index in [1.807, 2.05) is 0 Å². The summed E-state index contributed by atoms with van der Waals surface area (Å²) in [4.78, 5) is 0. The Kier molecular flexibility index (Phi) is 2.98. The molecule has 1 rings (SSSR count). The van der Waals surface area contributed by atoms with Crippen molar-refractivity contribution >= 4 is 0 Å². The van der Waals surface area contributed by atoms with E-state index in [1.54, 1.807) is 0 Å². The molecule has 11 heavy (non-hydrogen) atoms.